The molecular weight excluding hydrogens is 418 g/mol. The van der Waals surface area contributed by atoms with Crippen LogP contribution in [0.5, 0.6) is 5.75 Å². The van der Waals surface area contributed by atoms with Crippen LogP contribution in [0.4, 0.5) is 4.79 Å². The van der Waals surface area contributed by atoms with Crippen molar-refractivity contribution in [2.45, 2.75) is 31.2 Å². The number of primary sulfonamides is 1. The molecule has 0 saturated heterocycles. The van der Waals surface area contributed by atoms with Crippen molar-refractivity contribution in [3.8, 4) is 5.75 Å². The fraction of sp³-hybridized carbons (Fsp3) is 0.389. The van der Waals surface area contributed by atoms with Crippen molar-refractivity contribution in [3.63, 3.8) is 0 Å². The van der Waals surface area contributed by atoms with Gasteiger partial charge in [0.1, 0.15) is 17.9 Å². The first kappa shape index (κ1) is 23.2. The number of carbonyl (C=O) groups is 3. The summed E-state index contributed by atoms with van der Waals surface area (Å²) in [7, 11) is -2.77. The summed E-state index contributed by atoms with van der Waals surface area (Å²) in [5, 5.41) is 10.1. The molecule has 1 atom stereocenters. The monoisotopic (exact) mass is 441 g/mol. The molecule has 0 spiro atoms. The third-order valence-electron chi connectivity index (χ3n) is 4.21. The topological polar surface area (TPSA) is 163 Å². The van der Waals surface area contributed by atoms with Crippen molar-refractivity contribution in [2.24, 2.45) is 5.14 Å². The maximum absolute atomic E-state index is 12.6. The van der Waals surface area contributed by atoms with E-state index in [1.807, 2.05) is 0 Å². The number of nitrogens with one attached hydrogen (secondary N) is 2. The van der Waals surface area contributed by atoms with Crippen molar-refractivity contribution in [1.29, 1.82) is 0 Å². The lowest BCUT2D eigenvalue weighted by Gasteiger charge is -2.28. The standard InChI is InChI=1S/C18H23N3O8S/c1-4-12-15(17(23)28-5-2)13(21-18(24)20-12)9-29-16(22)11-8-10(30(19,25)26)6-7-14(11)27-3/h6-8,12H,4-5,9H2,1-3H3,(H2,19,25,26)(H2,20,21,24)/t12-/m1/s1. The number of methoxy groups -OCH3 is 1. The van der Waals surface area contributed by atoms with Gasteiger partial charge in [-0.1, -0.05) is 6.92 Å². The lowest BCUT2D eigenvalue weighted by atomic mass is 10.0. The Morgan fingerprint density at radius 2 is 1.87 bits per heavy atom. The fourth-order valence-corrected chi connectivity index (χ4v) is 3.35. The molecule has 0 aliphatic carbocycles. The van der Waals surface area contributed by atoms with Crippen molar-refractivity contribution < 1.29 is 37.0 Å². The molecule has 0 fully saturated rings. The Labute approximate surface area is 173 Å². The van der Waals surface area contributed by atoms with Gasteiger partial charge in [-0.2, -0.15) is 0 Å². The molecule has 2 rings (SSSR count). The highest BCUT2D eigenvalue weighted by Gasteiger charge is 2.32. The van der Waals surface area contributed by atoms with Gasteiger partial charge in [-0.3, -0.25) is 0 Å². The highest BCUT2D eigenvalue weighted by molar-refractivity contribution is 7.89. The van der Waals surface area contributed by atoms with Crippen molar-refractivity contribution in [2.75, 3.05) is 20.3 Å². The molecule has 0 saturated carbocycles. The van der Waals surface area contributed by atoms with E-state index in [-0.39, 0.29) is 34.1 Å². The number of esters is 2. The lowest BCUT2D eigenvalue weighted by molar-refractivity contribution is -0.139. The van der Waals surface area contributed by atoms with Gasteiger partial charge in [0.15, 0.2) is 0 Å². The molecule has 11 nitrogen and oxygen atoms in total. The first-order chi connectivity index (χ1) is 14.1. The fourth-order valence-electron chi connectivity index (χ4n) is 2.81. The van der Waals surface area contributed by atoms with Crippen LogP contribution in [0.15, 0.2) is 34.4 Å². The number of ether oxygens (including phenoxy) is 3. The summed E-state index contributed by atoms with van der Waals surface area (Å²) in [6.07, 6.45) is 0.406. The zero-order chi connectivity index (χ0) is 22.5. The summed E-state index contributed by atoms with van der Waals surface area (Å²) in [6.45, 7) is 3.07. The zero-order valence-corrected chi connectivity index (χ0v) is 17.5. The molecule has 0 unspecified atom stereocenters. The van der Waals surface area contributed by atoms with Crippen LogP contribution in [-0.4, -0.2) is 52.8 Å². The zero-order valence-electron chi connectivity index (χ0n) is 16.7. The third kappa shape index (κ3) is 5.27. The van der Waals surface area contributed by atoms with Crippen LogP contribution in [0.25, 0.3) is 0 Å². The number of rotatable bonds is 8. The van der Waals surface area contributed by atoms with E-state index in [9.17, 15) is 22.8 Å². The second-order valence-corrected chi connectivity index (χ2v) is 7.72. The summed E-state index contributed by atoms with van der Waals surface area (Å²) >= 11 is 0. The third-order valence-corrected chi connectivity index (χ3v) is 5.12. The molecular formula is C18H23N3O8S. The van der Waals surface area contributed by atoms with Crippen LogP contribution in [0.1, 0.15) is 30.6 Å². The maximum Gasteiger partial charge on any atom is 0.342 e. The minimum absolute atomic E-state index is 0.0628. The van der Waals surface area contributed by atoms with Crippen LogP contribution < -0.4 is 20.5 Å². The normalized spacial score (nSPS) is 16.4. The lowest BCUT2D eigenvalue weighted by Crippen LogP contribution is -2.51. The van der Waals surface area contributed by atoms with Gasteiger partial charge in [0.2, 0.25) is 10.0 Å². The number of hydrogen-bond donors (Lipinski definition) is 3. The Morgan fingerprint density at radius 3 is 2.43 bits per heavy atom. The van der Waals surface area contributed by atoms with Crippen LogP contribution in [-0.2, 0) is 24.3 Å². The number of benzene rings is 1. The van der Waals surface area contributed by atoms with E-state index in [1.165, 1.54) is 19.2 Å². The molecule has 1 aliphatic rings. The minimum atomic E-state index is -4.06. The molecule has 1 aromatic rings. The summed E-state index contributed by atoms with van der Waals surface area (Å²) in [6, 6.07) is 2.29. The van der Waals surface area contributed by atoms with Gasteiger partial charge in [-0.25, -0.2) is 27.9 Å². The number of amides is 2. The number of nitrogens with two attached hydrogens (primary N) is 1. The molecule has 12 heteroatoms. The van der Waals surface area contributed by atoms with Gasteiger partial charge in [0, 0.05) is 0 Å². The Bertz CT molecular complexity index is 987. The molecule has 0 bridgehead atoms. The predicted octanol–water partition coefficient (Wildman–Crippen LogP) is 0.408. The van der Waals surface area contributed by atoms with Gasteiger partial charge in [-0.05, 0) is 31.5 Å². The van der Waals surface area contributed by atoms with E-state index < -0.39 is 40.6 Å². The van der Waals surface area contributed by atoms with Crippen LogP contribution >= 0.6 is 0 Å². The molecule has 1 aromatic carbocycles. The summed E-state index contributed by atoms with van der Waals surface area (Å²) in [5.74, 6) is -1.53. The van der Waals surface area contributed by atoms with Crippen molar-refractivity contribution >= 4 is 28.0 Å². The van der Waals surface area contributed by atoms with E-state index >= 15 is 0 Å². The van der Waals surface area contributed by atoms with E-state index in [0.29, 0.717) is 6.42 Å². The van der Waals surface area contributed by atoms with E-state index in [1.54, 1.807) is 13.8 Å². The second-order valence-electron chi connectivity index (χ2n) is 6.16. The van der Waals surface area contributed by atoms with Gasteiger partial charge in [-0.15, -0.1) is 0 Å². The smallest absolute Gasteiger partial charge is 0.342 e. The molecule has 4 N–H and O–H groups in total. The van der Waals surface area contributed by atoms with E-state index in [0.717, 1.165) is 6.07 Å². The van der Waals surface area contributed by atoms with Gasteiger partial charge in [0.25, 0.3) is 0 Å². The quantitative estimate of drug-likeness (QED) is 0.488. The molecule has 1 heterocycles. The Kier molecular flexibility index (Phi) is 7.40. The Hall–Kier alpha value is -3.12. The molecule has 2 amide bonds. The number of sulfonamides is 1. The molecule has 1 aliphatic heterocycles. The molecule has 30 heavy (non-hydrogen) atoms. The molecule has 0 radical (unpaired) electrons. The van der Waals surface area contributed by atoms with Crippen molar-refractivity contribution in [1.82, 2.24) is 10.6 Å². The van der Waals surface area contributed by atoms with E-state index in [2.05, 4.69) is 10.6 Å². The largest absolute Gasteiger partial charge is 0.496 e. The van der Waals surface area contributed by atoms with Gasteiger partial charge < -0.3 is 24.8 Å². The van der Waals surface area contributed by atoms with Crippen LogP contribution in [0.3, 0.4) is 0 Å². The Morgan fingerprint density at radius 1 is 1.17 bits per heavy atom. The first-order valence-electron chi connectivity index (χ1n) is 8.97. The second kappa shape index (κ2) is 9.59. The van der Waals surface area contributed by atoms with Crippen LogP contribution in [0, 0.1) is 0 Å². The van der Waals surface area contributed by atoms with Crippen LogP contribution in [0.2, 0.25) is 0 Å². The average molecular weight is 441 g/mol. The number of hydrogen-bond acceptors (Lipinski definition) is 8. The van der Waals surface area contributed by atoms with Crippen molar-refractivity contribution in [3.05, 3.63) is 35.0 Å². The van der Waals surface area contributed by atoms with Gasteiger partial charge in [0.05, 0.1) is 35.9 Å². The summed E-state index contributed by atoms with van der Waals surface area (Å²) in [4.78, 5) is 36.5. The average Bonchev–Trinajstić information content (AvgIpc) is 2.70. The molecule has 0 aromatic heterocycles. The number of carbonyl (C=O) groups excluding carboxylic acids is 3. The van der Waals surface area contributed by atoms with Gasteiger partial charge >= 0.3 is 18.0 Å². The highest BCUT2D eigenvalue weighted by atomic mass is 32.2. The van der Waals surface area contributed by atoms with E-state index in [4.69, 9.17) is 19.3 Å². The number of urea groups is 1. The highest BCUT2D eigenvalue weighted by Crippen LogP contribution is 2.24. The molecule has 164 valence electrons. The summed E-state index contributed by atoms with van der Waals surface area (Å²) in [5.41, 5.74) is 0.0191. The Balaban J connectivity index is 2.34. The first-order valence-corrected chi connectivity index (χ1v) is 10.5. The minimum Gasteiger partial charge on any atom is -0.496 e. The SMILES string of the molecule is CCOC(=O)C1=C(COC(=O)c2cc(S(N)(=O)=O)ccc2OC)NC(=O)N[C@@H]1CC. The predicted molar refractivity (Wildman–Crippen MR) is 104 cm³/mol. The maximum atomic E-state index is 12.6. The summed E-state index contributed by atoms with van der Waals surface area (Å²) < 4.78 is 38.4.